The van der Waals surface area contributed by atoms with Crippen molar-refractivity contribution in [2.24, 2.45) is 0 Å². The Morgan fingerprint density at radius 3 is 2.00 bits per heavy atom. The molecule has 0 amide bonds. The zero-order valence-corrected chi connectivity index (χ0v) is 4.85. The van der Waals surface area contributed by atoms with Gasteiger partial charge < -0.3 is 10.2 Å². The van der Waals surface area contributed by atoms with E-state index in [-0.39, 0.29) is 0 Å². The van der Waals surface area contributed by atoms with Gasteiger partial charge in [0.05, 0.1) is 6.10 Å². The average Bonchev–Trinajstić information content (AvgIpc) is 1.65. The van der Waals surface area contributed by atoms with Gasteiger partial charge in [0.15, 0.2) is 0 Å². The molecular weight excluding hydrogens is 112 g/mol. The molecule has 0 radical (unpaired) electrons. The Hall–Kier alpha value is 0.01000. The van der Waals surface area contributed by atoms with Gasteiger partial charge in [0.1, 0.15) is 6.10 Å². The minimum Gasteiger partial charge on any atom is -0.390 e. The predicted molar refractivity (Wildman–Crippen MR) is 31.3 cm³/mol. The lowest BCUT2D eigenvalue weighted by atomic mass is 10.3. The van der Waals surface area contributed by atoms with Gasteiger partial charge in [-0.25, -0.2) is 0 Å². The summed E-state index contributed by atoms with van der Waals surface area (Å²) in [5, 5.41) is 18.1. The van der Waals surface area contributed by atoms with Crippen molar-refractivity contribution < 1.29 is 10.2 Å². The van der Waals surface area contributed by atoms with Crippen LogP contribution in [0.15, 0.2) is 0 Å². The molecule has 0 bridgehead atoms. The van der Waals surface area contributed by atoms with Gasteiger partial charge in [-0.2, -0.15) is 0 Å². The third kappa shape index (κ3) is 2.68. The van der Waals surface area contributed by atoms with Gasteiger partial charge in [-0.3, -0.25) is 0 Å². The first-order chi connectivity index (χ1) is 3.18. The van der Waals surface area contributed by atoms with Crippen molar-refractivity contribution in [1.29, 1.82) is 0 Å². The van der Waals surface area contributed by atoms with Crippen LogP contribution in [0.5, 0.6) is 0 Å². The average molecular weight is 120 g/mol. The van der Waals surface area contributed by atoms with E-state index in [9.17, 15) is 0 Å². The molecule has 0 aliphatic rings. The van der Waals surface area contributed by atoms with Crippen molar-refractivity contribution in [2.75, 3.05) is 0 Å². The molecule has 0 aliphatic carbocycles. The second-order valence-corrected chi connectivity index (χ2v) is 1.64. The van der Waals surface area contributed by atoms with Crippen LogP contribution in [0, 0.1) is 0 Å². The van der Waals surface area contributed by atoms with E-state index in [0.717, 1.165) is 5.37 Å². The lowest BCUT2D eigenvalue weighted by molar-refractivity contribution is 0.0777. The third-order valence-electron chi connectivity index (χ3n) is 0.634. The topological polar surface area (TPSA) is 40.5 Å². The molecule has 7 heavy (non-hydrogen) atoms. The fourth-order valence-corrected chi connectivity index (χ4v) is 0.341. The first kappa shape index (κ1) is 7.01. The summed E-state index contributed by atoms with van der Waals surface area (Å²) in [6.07, 6.45) is -1.59. The second kappa shape index (κ2) is 3.07. The molecular formula is C4H8O2S. The Kier molecular flexibility index (Phi) is 3.07. The standard InChI is InChI=1S/C4H8O2S/c1-3(5)4(6)2-7/h2-6H,1H3. The van der Waals surface area contributed by atoms with Crippen LogP contribution in [-0.4, -0.2) is 27.8 Å². The summed E-state index contributed by atoms with van der Waals surface area (Å²) >= 11 is 4.32. The molecule has 0 fully saturated rings. The van der Waals surface area contributed by atoms with Crippen LogP contribution in [0.1, 0.15) is 6.92 Å². The van der Waals surface area contributed by atoms with Gasteiger partial charge in [-0.05, 0) is 6.92 Å². The molecule has 3 heteroatoms. The van der Waals surface area contributed by atoms with Crippen LogP contribution in [0.4, 0.5) is 0 Å². The van der Waals surface area contributed by atoms with Crippen molar-refractivity contribution in [3.05, 3.63) is 0 Å². The highest BCUT2D eigenvalue weighted by atomic mass is 32.1. The normalized spacial score (nSPS) is 18.1. The van der Waals surface area contributed by atoms with Gasteiger partial charge in [-0.15, -0.1) is 0 Å². The number of thiocarbonyl (C=S) groups is 1. The van der Waals surface area contributed by atoms with Crippen molar-refractivity contribution in [2.45, 2.75) is 19.1 Å². The van der Waals surface area contributed by atoms with Crippen LogP contribution < -0.4 is 0 Å². The van der Waals surface area contributed by atoms with Crippen LogP contribution in [-0.2, 0) is 0 Å². The number of rotatable bonds is 2. The van der Waals surface area contributed by atoms with Gasteiger partial charge in [0, 0.05) is 5.37 Å². The number of hydrogen-bond donors (Lipinski definition) is 2. The lowest BCUT2D eigenvalue weighted by Gasteiger charge is -2.04. The molecule has 0 spiro atoms. The van der Waals surface area contributed by atoms with E-state index in [2.05, 4.69) is 12.2 Å². The van der Waals surface area contributed by atoms with Gasteiger partial charge in [-0.1, -0.05) is 12.2 Å². The van der Waals surface area contributed by atoms with Crippen molar-refractivity contribution in [3.8, 4) is 0 Å². The SMILES string of the molecule is CC(O)C(O)C=S. The molecule has 0 aromatic carbocycles. The van der Waals surface area contributed by atoms with Crippen molar-refractivity contribution >= 4 is 17.6 Å². The van der Waals surface area contributed by atoms with E-state index in [4.69, 9.17) is 10.2 Å². The smallest absolute Gasteiger partial charge is 0.108 e. The molecule has 0 saturated carbocycles. The Balaban J connectivity index is 3.33. The van der Waals surface area contributed by atoms with E-state index in [1.54, 1.807) is 0 Å². The summed E-state index contributed by atoms with van der Waals surface area (Å²) in [7, 11) is 0. The Labute approximate surface area is 47.8 Å². The molecule has 2 N–H and O–H groups in total. The fourth-order valence-electron chi connectivity index (χ4n) is 0.114. The van der Waals surface area contributed by atoms with Crippen LogP contribution >= 0.6 is 12.2 Å². The summed E-state index contributed by atoms with van der Waals surface area (Å²) in [6.45, 7) is 1.48. The van der Waals surface area contributed by atoms with Gasteiger partial charge in [0.2, 0.25) is 0 Å². The highest BCUT2D eigenvalue weighted by molar-refractivity contribution is 7.79. The highest BCUT2D eigenvalue weighted by Gasteiger charge is 2.03. The number of aliphatic hydroxyl groups is 2. The molecule has 0 rings (SSSR count). The van der Waals surface area contributed by atoms with Gasteiger partial charge in [0.25, 0.3) is 0 Å². The summed E-state index contributed by atoms with van der Waals surface area (Å²) < 4.78 is 0. The molecule has 0 saturated heterocycles. The van der Waals surface area contributed by atoms with E-state index < -0.39 is 12.2 Å². The second-order valence-electron chi connectivity index (χ2n) is 1.37. The Bertz CT molecular complexity index is 62.7. The first-order valence-corrected chi connectivity index (χ1v) is 2.47. The monoisotopic (exact) mass is 120 g/mol. The van der Waals surface area contributed by atoms with Crippen LogP contribution in [0.25, 0.3) is 0 Å². The molecule has 0 aromatic rings. The zero-order chi connectivity index (χ0) is 5.86. The zero-order valence-electron chi connectivity index (χ0n) is 4.03. The predicted octanol–water partition coefficient (Wildman–Crippen LogP) is -0.272. The minimum atomic E-state index is -0.852. The number of hydrogen-bond acceptors (Lipinski definition) is 3. The molecule has 0 heterocycles. The van der Waals surface area contributed by atoms with E-state index >= 15 is 0 Å². The molecule has 0 aromatic heterocycles. The van der Waals surface area contributed by atoms with Crippen molar-refractivity contribution in [1.82, 2.24) is 0 Å². The quantitative estimate of drug-likeness (QED) is 0.493. The maximum atomic E-state index is 8.53. The molecule has 0 aliphatic heterocycles. The van der Waals surface area contributed by atoms with E-state index in [1.807, 2.05) is 0 Å². The van der Waals surface area contributed by atoms with Crippen LogP contribution in [0.3, 0.4) is 0 Å². The summed E-state index contributed by atoms with van der Waals surface area (Å²) in [6, 6.07) is 0. The molecule has 2 atom stereocenters. The van der Waals surface area contributed by atoms with Gasteiger partial charge >= 0.3 is 0 Å². The third-order valence-corrected chi connectivity index (χ3v) is 0.913. The largest absolute Gasteiger partial charge is 0.390 e. The summed E-state index contributed by atoms with van der Waals surface area (Å²) in [4.78, 5) is 0. The summed E-state index contributed by atoms with van der Waals surface area (Å²) in [5.74, 6) is 0. The maximum Gasteiger partial charge on any atom is 0.108 e. The lowest BCUT2D eigenvalue weighted by Crippen LogP contribution is -2.22. The molecule has 42 valence electrons. The highest BCUT2D eigenvalue weighted by Crippen LogP contribution is 1.85. The Morgan fingerprint density at radius 2 is 2.00 bits per heavy atom. The summed E-state index contributed by atoms with van der Waals surface area (Å²) in [5.41, 5.74) is 0. The fraction of sp³-hybridized carbons (Fsp3) is 0.750. The minimum absolute atomic E-state index is 0.738. The molecule has 2 unspecified atom stereocenters. The van der Waals surface area contributed by atoms with Crippen LogP contribution in [0.2, 0.25) is 0 Å². The molecule has 2 nitrogen and oxygen atoms in total. The first-order valence-electron chi connectivity index (χ1n) is 2.00. The Morgan fingerprint density at radius 1 is 1.57 bits per heavy atom. The van der Waals surface area contributed by atoms with E-state index in [0.29, 0.717) is 0 Å². The van der Waals surface area contributed by atoms with E-state index in [1.165, 1.54) is 6.92 Å². The van der Waals surface area contributed by atoms with Crippen molar-refractivity contribution in [3.63, 3.8) is 0 Å². The number of aliphatic hydroxyl groups excluding tert-OH is 2. The maximum absolute atomic E-state index is 8.53.